The first kappa shape index (κ1) is 16.6. The Morgan fingerprint density at radius 1 is 1.35 bits per heavy atom. The number of anilines is 1. The Morgan fingerprint density at radius 3 is 2.50 bits per heavy atom. The first-order valence-electron chi connectivity index (χ1n) is 4.93. The summed E-state index contributed by atoms with van der Waals surface area (Å²) in [5.41, 5.74) is 0.159. The van der Waals surface area contributed by atoms with Crippen LogP contribution in [0.25, 0.3) is 0 Å². The highest BCUT2D eigenvalue weighted by Gasteiger charge is 2.31. The van der Waals surface area contributed by atoms with E-state index >= 15 is 0 Å². The molecule has 0 unspecified atom stereocenters. The van der Waals surface area contributed by atoms with Crippen LogP contribution in [-0.4, -0.2) is 24.2 Å². The van der Waals surface area contributed by atoms with Gasteiger partial charge in [0.1, 0.15) is 11.6 Å². The molecule has 10 heteroatoms. The van der Waals surface area contributed by atoms with Crippen molar-refractivity contribution < 1.29 is 27.5 Å². The molecule has 0 atom stereocenters. The van der Waals surface area contributed by atoms with Gasteiger partial charge < -0.3 is 10.1 Å². The summed E-state index contributed by atoms with van der Waals surface area (Å²) in [5, 5.41) is 4.14. The van der Waals surface area contributed by atoms with Gasteiger partial charge >= 0.3 is 12.4 Å². The van der Waals surface area contributed by atoms with Crippen molar-refractivity contribution in [1.29, 1.82) is 0 Å². The van der Waals surface area contributed by atoms with Gasteiger partial charge in [-0.05, 0) is 34.1 Å². The molecule has 3 amide bonds. The minimum atomic E-state index is -4.82. The van der Waals surface area contributed by atoms with Crippen LogP contribution in [0.3, 0.4) is 0 Å². The molecule has 0 aliphatic rings. The molecule has 2 N–H and O–H groups in total. The Hall–Kier alpha value is -1.48. The van der Waals surface area contributed by atoms with E-state index in [1.807, 2.05) is 5.32 Å². The van der Waals surface area contributed by atoms with E-state index in [0.29, 0.717) is 0 Å². The number of nitrogens with one attached hydrogen (secondary N) is 2. The molecule has 0 spiro atoms. The Bertz CT molecular complexity index is 525. The number of urea groups is 1. The van der Waals surface area contributed by atoms with Crippen LogP contribution in [0, 0.1) is 0 Å². The van der Waals surface area contributed by atoms with Gasteiger partial charge in [0.25, 0.3) is 0 Å². The third kappa shape index (κ3) is 5.66. The molecule has 0 fully saturated rings. The number of carbonyl (C=O) groups is 2. The van der Waals surface area contributed by atoms with Gasteiger partial charge in [-0.3, -0.25) is 10.1 Å². The predicted octanol–water partition coefficient (Wildman–Crippen LogP) is 3.23. The van der Waals surface area contributed by atoms with E-state index in [1.165, 1.54) is 12.1 Å². The fraction of sp³-hybridized carbons (Fsp3) is 0.200. The van der Waals surface area contributed by atoms with Gasteiger partial charge in [-0.1, -0.05) is 0 Å². The number of rotatable bonds is 3. The fourth-order valence-electron chi connectivity index (χ4n) is 1.11. The van der Waals surface area contributed by atoms with Crippen LogP contribution < -0.4 is 15.4 Å². The quantitative estimate of drug-likeness (QED) is 0.797. The number of benzene rings is 1. The summed E-state index contributed by atoms with van der Waals surface area (Å²) >= 11 is 8.05. The first-order valence-corrected chi connectivity index (χ1v) is 6.26. The van der Waals surface area contributed by atoms with Gasteiger partial charge in [0, 0.05) is 5.69 Å². The first-order chi connectivity index (χ1) is 9.21. The van der Waals surface area contributed by atoms with Crippen LogP contribution in [0.5, 0.6) is 5.75 Å². The molecule has 0 aliphatic heterocycles. The maximum atomic E-state index is 12.0. The van der Waals surface area contributed by atoms with Crippen molar-refractivity contribution in [2.75, 3.05) is 11.2 Å². The number of imide groups is 1. The van der Waals surface area contributed by atoms with E-state index in [1.54, 1.807) is 0 Å². The molecular formula is C10H7BrClF3N2O3. The minimum Gasteiger partial charge on any atom is -0.405 e. The monoisotopic (exact) mass is 374 g/mol. The van der Waals surface area contributed by atoms with Crippen molar-refractivity contribution in [3.05, 3.63) is 22.7 Å². The smallest absolute Gasteiger partial charge is 0.405 e. The van der Waals surface area contributed by atoms with Crippen LogP contribution in [0.1, 0.15) is 0 Å². The zero-order valence-corrected chi connectivity index (χ0v) is 11.9. The van der Waals surface area contributed by atoms with Gasteiger partial charge in [-0.2, -0.15) is 0 Å². The van der Waals surface area contributed by atoms with E-state index in [9.17, 15) is 22.8 Å². The van der Waals surface area contributed by atoms with Crippen molar-refractivity contribution >= 4 is 45.2 Å². The van der Waals surface area contributed by atoms with Crippen LogP contribution >= 0.6 is 27.5 Å². The molecule has 0 saturated carbocycles. The lowest BCUT2D eigenvalue weighted by Gasteiger charge is -2.12. The molecule has 1 aromatic rings. The zero-order chi connectivity index (χ0) is 15.3. The number of hydrogen-bond donors (Lipinski definition) is 2. The molecule has 0 heterocycles. The number of ether oxygens (including phenoxy) is 1. The lowest BCUT2D eigenvalue weighted by molar-refractivity contribution is -0.274. The summed E-state index contributed by atoms with van der Waals surface area (Å²) in [6, 6.07) is 2.52. The molecule has 1 aromatic carbocycles. The van der Waals surface area contributed by atoms with Crippen LogP contribution in [0.4, 0.5) is 23.7 Å². The van der Waals surface area contributed by atoms with E-state index in [0.717, 1.165) is 6.07 Å². The summed E-state index contributed by atoms with van der Waals surface area (Å²) < 4.78 is 39.8. The molecule has 0 aromatic heterocycles. The molecule has 0 saturated heterocycles. The number of alkyl halides is 4. The van der Waals surface area contributed by atoms with Crippen molar-refractivity contribution in [1.82, 2.24) is 5.32 Å². The summed E-state index contributed by atoms with van der Waals surface area (Å²) in [5.74, 6) is -1.56. The highest BCUT2D eigenvalue weighted by Crippen LogP contribution is 2.32. The third-order valence-electron chi connectivity index (χ3n) is 1.79. The number of halogens is 5. The Balaban J connectivity index is 2.73. The molecule has 110 valence electrons. The van der Waals surface area contributed by atoms with E-state index in [2.05, 4.69) is 26.0 Å². The molecule has 5 nitrogen and oxygen atoms in total. The summed E-state index contributed by atoms with van der Waals surface area (Å²) in [6.45, 7) is 0. The molecule has 0 radical (unpaired) electrons. The molecule has 0 bridgehead atoms. The largest absolute Gasteiger partial charge is 0.573 e. The molecule has 20 heavy (non-hydrogen) atoms. The average molecular weight is 376 g/mol. The van der Waals surface area contributed by atoms with Crippen molar-refractivity contribution in [3.8, 4) is 5.75 Å². The van der Waals surface area contributed by atoms with Gasteiger partial charge in [-0.25, -0.2) is 4.79 Å². The lowest BCUT2D eigenvalue weighted by Crippen LogP contribution is -2.35. The average Bonchev–Trinajstić information content (AvgIpc) is 2.31. The summed E-state index contributed by atoms with van der Waals surface area (Å²) in [4.78, 5) is 22.1. The molecular weight excluding hydrogens is 368 g/mol. The van der Waals surface area contributed by atoms with Crippen molar-refractivity contribution in [2.24, 2.45) is 0 Å². The maximum absolute atomic E-state index is 12.0. The standard InChI is InChI=1S/C10H7BrClF3N2O3/c11-6-3-5(16-9(19)17-8(18)4-12)1-2-7(6)20-10(13,14)15/h1-3H,4H2,(H2,16,17,18,19). The van der Waals surface area contributed by atoms with Gasteiger partial charge in [0.2, 0.25) is 5.91 Å². The topological polar surface area (TPSA) is 67.4 Å². The lowest BCUT2D eigenvalue weighted by atomic mass is 10.3. The number of hydrogen-bond acceptors (Lipinski definition) is 3. The van der Waals surface area contributed by atoms with Gasteiger partial charge in [0.05, 0.1) is 4.47 Å². The number of amides is 3. The predicted molar refractivity (Wildman–Crippen MR) is 68.7 cm³/mol. The van der Waals surface area contributed by atoms with E-state index in [-0.39, 0.29) is 10.2 Å². The number of carbonyl (C=O) groups excluding carboxylic acids is 2. The fourth-order valence-corrected chi connectivity index (χ4v) is 1.63. The van der Waals surface area contributed by atoms with Gasteiger partial charge in [0.15, 0.2) is 0 Å². The Labute approximate surface area is 124 Å². The highest BCUT2D eigenvalue weighted by atomic mass is 79.9. The van der Waals surface area contributed by atoms with Gasteiger partial charge in [-0.15, -0.1) is 24.8 Å². The third-order valence-corrected chi connectivity index (χ3v) is 2.65. The highest BCUT2D eigenvalue weighted by molar-refractivity contribution is 9.10. The Morgan fingerprint density at radius 2 is 2.00 bits per heavy atom. The normalized spacial score (nSPS) is 10.8. The second-order valence-corrected chi connectivity index (χ2v) is 4.45. The second kappa shape index (κ2) is 6.80. The molecule has 1 rings (SSSR count). The minimum absolute atomic E-state index is 0.0173. The van der Waals surface area contributed by atoms with Crippen molar-refractivity contribution in [2.45, 2.75) is 6.36 Å². The second-order valence-electron chi connectivity index (χ2n) is 3.33. The van der Waals surface area contributed by atoms with Crippen LogP contribution in [0.15, 0.2) is 22.7 Å². The zero-order valence-electron chi connectivity index (χ0n) is 9.55. The van der Waals surface area contributed by atoms with E-state index < -0.39 is 29.9 Å². The van der Waals surface area contributed by atoms with Crippen LogP contribution in [-0.2, 0) is 4.79 Å². The van der Waals surface area contributed by atoms with E-state index in [4.69, 9.17) is 11.6 Å². The molecule has 0 aliphatic carbocycles. The van der Waals surface area contributed by atoms with Crippen molar-refractivity contribution in [3.63, 3.8) is 0 Å². The Kier molecular flexibility index (Phi) is 5.63. The SMILES string of the molecule is O=C(CCl)NC(=O)Nc1ccc(OC(F)(F)F)c(Br)c1. The maximum Gasteiger partial charge on any atom is 0.573 e. The van der Waals surface area contributed by atoms with Crippen LogP contribution in [0.2, 0.25) is 0 Å². The summed E-state index contributed by atoms with van der Waals surface area (Å²) in [7, 11) is 0. The summed E-state index contributed by atoms with van der Waals surface area (Å²) in [6.07, 6.45) is -4.82.